The molecule has 20 heteroatoms. The summed E-state index contributed by atoms with van der Waals surface area (Å²) in [6.07, 6.45) is -0.0568. The lowest BCUT2D eigenvalue weighted by Crippen LogP contribution is -2.58. The van der Waals surface area contributed by atoms with Gasteiger partial charge in [0.1, 0.15) is 12.1 Å². The quantitative estimate of drug-likeness (QED) is 0.0750. The Kier molecular flexibility index (Phi) is 13.5. The van der Waals surface area contributed by atoms with E-state index in [1.807, 2.05) is 0 Å². The number of likely N-dealkylation sites (tertiary alicyclic amines) is 1. The van der Waals surface area contributed by atoms with Crippen LogP contribution in [0.25, 0.3) is 0 Å². The van der Waals surface area contributed by atoms with Gasteiger partial charge in [-0.05, 0) is 38.9 Å². The molecule has 3 rings (SSSR count). The summed E-state index contributed by atoms with van der Waals surface area (Å²) in [6.45, 7) is 6.89. The maximum atomic E-state index is 13.7. The Hall–Kier alpha value is -5.21. The highest BCUT2D eigenvalue weighted by molar-refractivity contribution is 6.01. The average molecular weight is 718 g/mol. The minimum absolute atomic E-state index is 0.0164. The summed E-state index contributed by atoms with van der Waals surface area (Å²) in [5, 5.41) is 26.5. The van der Waals surface area contributed by atoms with E-state index >= 15 is 0 Å². The van der Waals surface area contributed by atoms with Crippen LogP contribution in [0, 0.1) is 15.5 Å². The summed E-state index contributed by atoms with van der Waals surface area (Å²) in [5.41, 5.74) is 6.46. The lowest BCUT2D eigenvalue weighted by molar-refractivity contribution is -0.384. The fourth-order valence-electron chi connectivity index (χ4n) is 5.54. The van der Waals surface area contributed by atoms with Gasteiger partial charge in [-0.2, -0.15) is 5.01 Å². The fraction of sp³-hybridized carbons (Fsp3) is 0.581. The van der Waals surface area contributed by atoms with Crippen molar-refractivity contribution in [3.63, 3.8) is 0 Å². The predicted molar refractivity (Wildman–Crippen MR) is 181 cm³/mol. The van der Waals surface area contributed by atoms with Crippen molar-refractivity contribution in [1.29, 1.82) is 0 Å². The number of benzene rings is 1. The third kappa shape index (κ3) is 10.6. The van der Waals surface area contributed by atoms with Crippen LogP contribution in [-0.4, -0.2) is 139 Å². The molecule has 0 bridgehead atoms. The molecule has 4 unspecified atom stereocenters. The van der Waals surface area contributed by atoms with E-state index in [1.165, 1.54) is 14.8 Å². The van der Waals surface area contributed by atoms with Crippen LogP contribution in [0.5, 0.6) is 0 Å². The van der Waals surface area contributed by atoms with Gasteiger partial charge in [0.15, 0.2) is 0 Å². The smallest absolute Gasteiger partial charge is 0.271 e. The molecule has 1 aromatic carbocycles. The number of hydrogen-bond acceptors (Lipinski definition) is 12. The molecule has 2 saturated heterocycles. The van der Waals surface area contributed by atoms with E-state index in [4.69, 9.17) is 5.73 Å². The second-order valence-corrected chi connectivity index (χ2v) is 13.5. The predicted octanol–water partition coefficient (Wildman–Crippen LogP) is -3.00. The van der Waals surface area contributed by atoms with Crippen molar-refractivity contribution in [3.8, 4) is 0 Å². The van der Waals surface area contributed by atoms with Crippen molar-refractivity contribution < 1.29 is 38.5 Å². The molecule has 0 radical (unpaired) electrons. The molecule has 2 aliphatic rings. The van der Waals surface area contributed by atoms with E-state index in [9.17, 15) is 43.7 Å². The molecule has 2 heterocycles. The van der Waals surface area contributed by atoms with Crippen molar-refractivity contribution in [2.75, 3.05) is 53.5 Å². The van der Waals surface area contributed by atoms with E-state index < -0.39 is 69.7 Å². The number of hydrazine groups is 1. The largest absolute Gasteiger partial charge is 0.368 e. The number of primary amides is 1. The zero-order valence-electron chi connectivity index (χ0n) is 29.5. The number of hydrogen-bond donors (Lipinski definition) is 7. The molecule has 4 atom stereocenters. The van der Waals surface area contributed by atoms with E-state index in [0.29, 0.717) is 0 Å². The molecular weight excluding hydrogens is 670 g/mol. The lowest BCUT2D eigenvalue weighted by atomic mass is 9.85. The molecule has 2 fully saturated rings. The molecule has 8 N–H and O–H groups in total. The molecule has 20 nitrogen and oxygen atoms in total. The Bertz CT molecular complexity index is 1550. The van der Waals surface area contributed by atoms with Gasteiger partial charge in [-0.1, -0.05) is 20.8 Å². The number of nitrogens with two attached hydrogens (primary N) is 1. The van der Waals surface area contributed by atoms with Gasteiger partial charge in [0.05, 0.1) is 30.7 Å². The highest BCUT2D eigenvalue weighted by Gasteiger charge is 2.44. The molecule has 0 saturated carbocycles. The third-order valence-corrected chi connectivity index (χ3v) is 8.49. The number of nitrogens with zero attached hydrogens (tertiary/aromatic N) is 4. The van der Waals surface area contributed by atoms with Gasteiger partial charge in [-0.3, -0.25) is 49.1 Å². The van der Waals surface area contributed by atoms with Crippen LogP contribution >= 0.6 is 0 Å². The Balaban J connectivity index is 1.71. The van der Waals surface area contributed by atoms with E-state index in [0.717, 1.165) is 18.2 Å². The van der Waals surface area contributed by atoms with Crippen LogP contribution in [0.1, 0.15) is 54.8 Å². The molecule has 0 aromatic heterocycles. The Morgan fingerprint density at radius 3 is 2.22 bits per heavy atom. The summed E-state index contributed by atoms with van der Waals surface area (Å²) in [6, 6.07) is -0.288. The zero-order chi connectivity index (χ0) is 38.2. The number of amides is 7. The Labute approximate surface area is 294 Å². The van der Waals surface area contributed by atoms with Gasteiger partial charge >= 0.3 is 0 Å². The topological polar surface area (TPSA) is 271 Å². The minimum Gasteiger partial charge on any atom is -0.368 e. The summed E-state index contributed by atoms with van der Waals surface area (Å²) in [4.78, 5) is 103. The third-order valence-electron chi connectivity index (χ3n) is 8.49. The molecule has 0 spiro atoms. The molecule has 1 aromatic rings. The molecule has 280 valence electrons. The number of nitro groups is 1. The SMILES string of the molecule is CNCC(=O)NC(C(=O)N1CC(NC(=O)c2cc(C(=O)NN3CCN(C(=O)CNC(=O)C(C)NC)C3)cc([N+](=O)[O-])c2)CC1C(N)=O)C(C)(C)C. The summed E-state index contributed by atoms with van der Waals surface area (Å²) in [5.74, 6) is -4.15. The van der Waals surface area contributed by atoms with Crippen molar-refractivity contribution in [2.24, 2.45) is 11.1 Å². The first kappa shape index (κ1) is 40.2. The van der Waals surface area contributed by atoms with Gasteiger partial charge in [-0.25, -0.2) is 0 Å². The minimum atomic E-state index is -1.11. The van der Waals surface area contributed by atoms with Crippen molar-refractivity contribution in [2.45, 2.75) is 58.3 Å². The standard InChI is InChI=1S/C31H47N11O9/c1-17(34-6)27(46)35-14-24(44)39-7-8-40(16-39)38-29(48)19-9-18(10-21(11-19)42(50)51)28(47)36-20-12-22(26(32)45)41(15-20)30(49)25(31(2,3)4)37-23(43)13-33-5/h9-11,17,20,22,25,33-34H,7-8,12-16H2,1-6H3,(H2,32,45)(H,35,46)(H,36,47)(H,37,43)(H,38,48). The fourth-order valence-corrected chi connectivity index (χ4v) is 5.54. The highest BCUT2D eigenvalue weighted by atomic mass is 16.6. The number of nitrogens with one attached hydrogen (secondary N) is 6. The van der Waals surface area contributed by atoms with Crippen LogP contribution in [0.2, 0.25) is 0 Å². The number of likely N-dealkylation sites (N-methyl/N-ethyl adjacent to an activating group) is 2. The molecule has 2 aliphatic heterocycles. The Morgan fingerprint density at radius 2 is 1.65 bits per heavy atom. The second kappa shape index (κ2) is 17.1. The maximum Gasteiger partial charge on any atom is 0.271 e. The number of nitro benzene ring substituents is 1. The van der Waals surface area contributed by atoms with Gasteiger partial charge in [0, 0.05) is 48.9 Å². The molecule has 7 amide bonds. The molecular formula is C31H47N11O9. The van der Waals surface area contributed by atoms with Gasteiger partial charge in [0.2, 0.25) is 29.5 Å². The van der Waals surface area contributed by atoms with Crippen LogP contribution in [-0.2, 0) is 24.0 Å². The average Bonchev–Trinajstić information content (AvgIpc) is 3.72. The number of carbonyl (C=O) groups is 7. The van der Waals surface area contributed by atoms with E-state index in [-0.39, 0.29) is 68.8 Å². The van der Waals surface area contributed by atoms with Crippen molar-refractivity contribution in [1.82, 2.24) is 46.8 Å². The van der Waals surface area contributed by atoms with Gasteiger partial charge in [-0.15, -0.1) is 0 Å². The van der Waals surface area contributed by atoms with Crippen molar-refractivity contribution in [3.05, 3.63) is 39.4 Å². The summed E-state index contributed by atoms with van der Waals surface area (Å²) in [7, 11) is 3.18. The number of non-ortho nitro benzene ring substituents is 1. The normalized spacial score (nSPS) is 18.8. The summed E-state index contributed by atoms with van der Waals surface area (Å²) >= 11 is 0. The van der Waals surface area contributed by atoms with Crippen LogP contribution in [0.4, 0.5) is 5.69 Å². The maximum absolute atomic E-state index is 13.7. The van der Waals surface area contributed by atoms with Gasteiger partial charge in [0.25, 0.3) is 17.5 Å². The lowest BCUT2D eigenvalue weighted by Gasteiger charge is -2.35. The number of rotatable bonds is 14. The van der Waals surface area contributed by atoms with Crippen LogP contribution in [0.3, 0.4) is 0 Å². The molecule has 51 heavy (non-hydrogen) atoms. The highest BCUT2D eigenvalue weighted by Crippen LogP contribution is 2.26. The molecule has 0 aliphatic carbocycles. The zero-order valence-corrected chi connectivity index (χ0v) is 29.5. The van der Waals surface area contributed by atoms with Gasteiger partial charge < -0.3 is 42.1 Å². The first-order valence-corrected chi connectivity index (χ1v) is 16.3. The van der Waals surface area contributed by atoms with E-state index in [2.05, 4.69) is 32.0 Å². The summed E-state index contributed by atoms with van der Waals surface area (Å²) < 4.78 is 0. The van der Waals surface area contributed by atoms with Crippen LogP contribution in [0.15, 0.2) is 18.2 Å². The monoisotopic (exact) mass is 717 g/mol. The van der Waals surface area contributed by atoms with E-state index in [1.54, 1.807) is 41.8 Å². The first-order valence-electron chi connectivity index (χ1n) is 16.3. The second-order valence-electron chi connectivity index (χ2n) is 13.5. The van der Waals surface area contributed by atoms with Crippen molar-refractivity contribution >= 4 is 47.0 Å². The van der Waals surface area contributed by atoms with Crippen LogP contribution < -0.4 is 37.7 Å². The Morgan fingerprint density at radius 1 is 1.00 bits per heavy atom. The first-order chi connectivity index (χ1) is 23.9. The number of carbonyl (C=O) groups excluding carboxylic acids is 7.